The lowest BCUT2D eigenvalue weighted by Crippen LogP contribution is -2.09. The molecule has 9 heavy (non-hydrogen) atoms. The van der Waals surface area contributed by atoms with Crippen LogP contribution >= 0.6 is 15.9 Å². The molecule has 2 unspecified atom stereocenters. The fourth-order valence-corrected chi connectivity index (χ4v) is 1.87. The maximum absolute atomic E-state index is 10.3. The van der Waals surface area contributed by atoms with E-state index in [-0.39, 0.29) is 5.92 Å². The number of halogens is 1. The Balaban J connectivity index is 2.39. The van der Waals surface area contributed by atoms with Crippen LogP contribution in [0, 0.1) is 5.92 Å². The summed E-state index contributed by atoms with van der Waals surface area (Å²) in [6, 6.07) is 0. The van der Waals surface area contributed by atoms with E-state index in [0.717, 1.165) is 19.3 Å². The normalized spacial score (nSPS) is 34.8. The molecule has 2 atom stereocenters. The molecule has 0 radical (unpaired) electrons. The van der Waals surface area contributed by atoms with E-state index in [4.69, 9.17) is 5.11 Å². The van der Waals surface area contributed by atoms with Crippen LogP contribution in [-0.2, 0) is 4.79 Å². The third-order valence-corrected chi connectivity index (χ3v) is 2.55. The summed E-state index contributed by atoms with van der Waals surface area (Å²) in [5, 5.41) is 8.51. The number of alkyl halides is 1. The molecule has 0 aromatic heterocycles. The van der Waals surface area contributed by atoms with Gasteiger partial charge >= 0.3 is 5.97 Å². The van der Waals surface area contributed by atoms with Crippen molar-refractivity contribution in [3.05, 3.63) is 0 Å². The van der Waals surface area contributed by atoms with Crippen molar-refractivity contribution in [1.29, 1.82) is 0 Å². The van der Waals surface area contributed by atoms with E-state index in [2.05, 4.69) is 15.9 Å². The fourth-order valence-electron chi connectivity index (χ4n) is 1.15. The minimum absolute atomic E-state index is 0.0885. The molecule has 1 N–H and O–H groups in total. The van der Waals surface area contributed by atoms with E-state index >= 15 is 0 Å². The van der Waals surface area contributed by atoms with Crippen molar-refractivity contribution in [3.63, 3.8) is 0 Å². The van der Waals surface area contributed by atoms with Gasteiger partial charge in [0, 0.05) is 4.83 Å². The van der Waals surface area contributed by atoms with Gasteiger partial charge in [-0.3, -0.25) is 4.79 Å². The Bertz CT molecular complexity index is 124. The molecule has 1 aliphatic carbocycles. The van der Waals surface area contributed by atoms with Crippen LogP contribution in [0.15, 0.2) is 0 Å². The lowest BCUT2D eigenvalue weighted by Gasteiger charge is -1.98. The third kappa shape index (κ3) is 1.68. The number of aliphatic carboxylic acids is 1. The molecule has 0 spiro atoms. The number of carbonyl (C=O) groups is 1. The van der Waals surface area contributed by atoms with Crippen molar-refractivity contribution in [2.75, 3.05) is 0 Å². The van der Waals surface area contributed by atoms with E-state index in [9.17, 15) is 4.79 Å². The SMILES string of the molecule is O=C(O)C1CCC(Br)C1. The first-order valence-electron chi connectivity index (χ1n) is 3.07. The summed E-state index contributed by atoms with van der Waals surface area (Å²) in [6.07, 6.45) is 2.65. The molecule has 1 saturated carbocycles. The molecule has 2 nitrogen and oxygen atoms in total. The highest BCUT2D eigenvalue weighted by atomic mass is 79.9. The molecule has 1 fully saturated rings. The van der Waals surface area contributed by atoms with Gasteiger partial charge < -0.3 is 5.11 Å². The lowest BCUT2D eigenvalue weighted by molar-refractivity contribution is -0.141. The van der Waals surface area contributed by atoms with E-state index < -0.39 is 5.97 Å². The summed E-state index contributed by atoms with van der Waals surface area (Å²) >= 11 is 3.38. The van der Waals surface area contributed by atoms with Crippen LogP contribution in [0.3, 0.4) is 0 Å². The summed E-state index contributed by atoms with van der Waals surface area (Å²) in [6.45, 7) is 0. The number of hydrogen-bond acceptors (Lipinski definition) is 1. The highest BCUT2D eigenvalue weighted by molar-refractivity contribution is 9.09. The molecule has 0 bridgehead atoms. The highest BCUT2D eigenvalue weighted by Crippen LogP contribution is 2.30. The molecule has 0 aromatic rings. The van der Waals surface area contributed by atoms with Crippen molar-refractivity contribution in [2.24, 2.45) is 5.92 Å². The maximum atomic E-state index is 10.3. The monoisotopic (exact) mass is 192 g/mol. The molecule has 1 rings (SSSR count). The second-order valence-electron chi connectivity index (χ2n) is 2.45. The smallest absolute Gasteiger partial charge is 0.306 e. The van der Waals surface area contributed by atoms with Gasteiger partial charge in [-0.05, 0) is 19.3 Å². The second-order valence-corrected chi connectivity index (χ2v) is 3.74. The summed E-state index contributed by atoms with van der Waals surface area (Å²) in [4.78, 5) is 10.8. The van der Waals surface area contributed by atoms with Crippen LogP contribution in [0.5, 0.6) is 0 Å². The first-order valence-corrected chi connectivity index (χ1v) is 3.98. The standard InChI is InChI=1S/C6H9BrO2/c7-5-2-1-4(3-5)6(8)9/h4-5H,1-3H2,(H,8,9). The van der Waals surface area contributed by atoms with Crippen LogP contribution in [0.2, 0.25) is 0 Å². The summed E-state index contributed by atoms with van der Waals surface area (Å²) in [5.74, 6) is -0.730. The number of carboxylic acids is 1. The molecule has 0 aliphatic heterocycles. The zero-order chi connectivity index (χ0) is 6.85. The summed E-state index contributed by atoms with van der Waals surface area (Å²) in [5.41, 5.74) is 0. The summed E-state index contributed by atoms with van der Waals surface area (Å²) < 4.78 is 0. The number of carboxylic acid groups (broad SMARTS) is 1. The molecule has 0 heterocycles. The zero-order valence-electron chi connectivity index (χ0n) is 5.01. The van der Waals surface area contributed by atoms with Gasteiger partial charge in [0.15, 0.2) is 0 Å². The van der Waals surface area contributed by atoms with Crippen molar-refractivity contribution in [1.82, 2.24) is 0 Å². The van der Waals surface area contributed by atoms with Crippen molar-refractivity contribution in [3.8, 4) is 0 Å². The predicted molar refractivity (Wildman–Crippen MR) is 37.7 cm³/mol. The molecule has 0 amide bonds. The quantitative estimate of drug-likeness (QED) is 0.642. The fraction of sp³-hybridized carbons (Fsp3) is 0.833. The molecular weight excluding hydrogens is 184 g/mol. The topological polar surface area (TPSA) is 37.3 Å². The van der Waals surface area contributed by atoms with Crippen molar-refractivity contribution >= 4 is 21.9 Å². The molecule has 0 aromatic carbocycles. The van der Waals surface area contributed by atoms with Crippen LogP contribution < -0.4 is 0 Å². The first kappa shape index (κ1) is 7.06. The van der Waals surface area contributed by atoms with Crippen LogP contribution in [0.25, 0.3) is 0 Å². The second kappa shape index (κ2) is 2.69. The molecule has 52 valence electrons. The highest BCUT2D eigenvalue weighted by Gasteiger charge is 2.27. The van der Waals surface area contributed by atoms with Crippen LogP contribution in [-0.4, -0.2) is 15.9 Å². The van der Waals surface area contributed by atoms with Crippen molar-refractivity contribution < 1.29 is 9.90 Å². The van der Waals surface area contributed by atoms with E-state index in [1.165, 1.54) is 0 Å². The van der Waals surface area contributed by atoms with Gasteiger partial charge in [0.25, 0.3) is 0 Å². The predicted octanol–water partition coefficient (Wildman–Crippen LogP) is 1.63. The van der Waals surface area contributed by atoms with Gasteiger partial charge in [0.2, 0.25) is 0 Å². The minimum Gasteiger partial charge on any atom is -0.481 e. The van der Waals surface area contributed by atoms with Gasteiger partial charge in [-0.1, -0.05) is 15.9 Å². The zero-order valence-corrected chi connectivity index (χ0v) is 6.60. The average molecular weight is 193 g/mol. The van der Waals surface area contributed by atoms with Gasteiger partial charge in [-0.2, -0.15) is 0 Å². The maximum Gasteiger partial charge on any atom is 0.306 e. The Kier molecular flexibility index (Phi) is 2.11. The lowest BCUT2D eigenvalue weighted by atomic mass is 10.1. The Labute approximate surface area is 62.4 Å². The Morgan fingerprint density at radius 3 is 2.44 bits per heavy atom. The molecule has 0 saturated heterocycles. The van der Waals surface area contributed by atoms with Crippen LogP contribution in [0.1, 0.15) is 19.3 Å². The molecule has 1 aliphatic rings. The molecule has 3 heteroatoms. The van der Waals surface area contributed by atoms with E-state index in [0.29, 0.717) is 4.83 Å². The van der Waals surface area contributed by atoms with Crippen molar-refractivity contribution in [2.45, 2.75) is 24.1 Å². The van der Waals surface area contributed by atoms with Gasteiger partial charge in [-0.25, -0.2) is 0 Å². The largest absolute Gasteiger partial charge is 0.481 e. The first-order chi connectivity index (χ1) is 4.20. The summed E-state index contributed by atoms with van der Waals surface area (Å²) in [7, 11) is 0. The third-order valence-electron chi connectivity index (χ3n) is 1.72. The van der Waals surface area contributed by atoms with E-state index in [1.54, 1.807) is 0 Å². The number of hydrogen-bond donors (Lipinski definition) is 1. The van der Waals surface area contributed by atoms with E-state index in [1.807, 2.05) is 0 Å². The Morgan fingerprint density at radius 1 is 1.56 bits per heavy atom. The molecular formula is C6H9BrO2. The van der Waals surface area contributed by atoms with Gasteiger partial charge in [0.05, 0.1) is 5.92 Å². The van der Waals surface area contributed by atoms with Gasteiger partial charge in [-0.15, -0.1) is 0 Å². The Morgan fingerprint density at radius 2 is 2.22 bits per heavy atom. The average Bonchev–Trinajstić information content (AvgIpc) is 2.14. The van der Waals surface area contributed by atoms with Gasteiger partial charge in [0.1, 0.15) is 0 Å². The Hall–Kier alpha value is -0.0500. The minimum atomic E-state index is -0.642. The van der Waals surface area contributed by atoms with Crippen LogP contribution in [0.4, 0.5) is 0 Å². The number of rotatable bonds is 1.